The highest BCUT2D eigenvalue weighted by atomic mass is 16.1. The Morgan fingerprint density at radius 1 is 1.00 bits per heavy atom. The number of hydrogen-bond donors (Lipinski definition) is 0. The highest BCUT2D eigenvalue weighted by Crippen LogP contribution is 2.31. The SMILES string of the molecule is CCC[C@@H](CC)c1ccc(Cc2cc(-c3cncnc3)cc3c2C(=O)CC=C3)cc1. The standard InChI is InChI=1S/C27H28N2O/c1-3-6-20(4-2)21-11-9-19(10-12-21)13-24-15-23(25-16-28-18-29-17-25)14-22-7-5-8-26(30)27(22)24/h5,7,9-12,14-18,20H,3-4,6,8,13H2,1-2H3/t20-/m1/s1. The van der Waals surface area contributed by atoms with Crippen molar-refractivity contribution in [2.75, 3.05) is 0 Å². The van der Waals surface area contributed by atoms with E-state index in [2.05, 4.69) is 66.3 Å². The van der Waals surface area contributed by atoms with Crippen LogP contribution in [0.4, 0.5) is 0 Å². The molecule has 3 heteroatoms. The summed E-state index contributed by atoms with van der Waals surface area (Å²) in [5.41, 5.74) is 7.60. The highest BCUT2D eigenvalue weighted by molar-refractivity contribution is 6.04. The molecule has 0 amide bonds. The van der Waals surface area contributed by atoms with Crippen LogP contribution in [0.1, 0.15) is 78.1 Å². The van der Waals surface area contributed by atoms with Crippen LogP contribution in [-0.4, -0.2) is 15.8 Å². The van der Waals surface area contributed by atoms with Crippen molar-refractivity contribution in [1.82, 2.24) is 9.97 Å². The van der Waals surface area contributed by atoms with Crippen LogP contribution < -0.4 is 0 Å². The molecule has 3 aromatic rings. The zero-order chi connectivity index (χ0) is 20.9. The number of benzene rings is 2. The largest absolute Gasteiger partial charge is 0.294 e. The number of carbonyl (C=O) groups excluding carboxylic acids is 1. The van der Waals surface area contributed by atoms with Gasteiger partial charge in [-0.15, -0.1) is 0 Å². The normalized spacial score (nSPS) is 13.9. The lowest BCUT2D eigenvalue weighted by atomic mass is 9.85. The summed E-state index contributed by atoms with van der Waals surface area (Å²) in [5, 5.41) is 0. The third kappa shape index (κ3) is 4.25. The fraction of sp³-hybridized carbons (Fsp3) is 0.296. The molecule has 1 aromatic heterocycles. The van der Waals surface area contributed by atoms with Gasteiger partial charge in [0, 0.05) is 29.9 Å². The van der Waals surface area contributed by atoms with E-state index in [0.29, 0.717) is 12.3 Å². The number of allylic oxidation sites excluding steroid dienone is 1. The Balaban J connectivity index is 1.70. The Morgan fingerprint density at radius 2 is 1.77 bits per heavy atom. The lowest BCUT2D eigenvalue weighted by Gasteiger charge is -2.18. The predicted molar refractivity (Wildman–Crippen MR) is 123 cm³/mol. The average molecular weight is 397 g/mol. The predicted octanol–water partition coefficient (Wildman–Crippen LogP) is 6.63. The van der Waals surface area contributed by atoms with E-state index < -0.39 is 0 Å². The number of Topliss-reactive ketones (excluding diaryl/α,β-unsaturated/α-hetero) is 1. The maximum absolute atomic E-state index is 12.7. The minimum atomic E-state index is 0.198. The van der Waals surface area contributed by atoms with Crippen molar-refractivity contribution in [3.63, 3.8) is 0 Å². The van der Waals surface area contributed by atoms with Gasteiger partial charge in [-0.2, -0.15) is 0 Å². The number of nitrogens with zero attached hydrogens (tertiary/aromatic N) is 2. The van der Waals surface area contributed by atoms with Crippen LogP contribution in [-0.2, 0) is 6.42 Å². The fourth-order valence-electron chi connectivity index (χ4n) is 4.43. The molecule has 1 aliphatic rings. The van der Waals surface area contributed by atoms with Crippen LogP contribution in [0, 0.1) is 0 Å². The van der Waals surface area contributed by atoms with Crippen molar-refractivity contribution >= 4 is 11.9 Å². The Hall–Kier alpha value is -3.07. The zero-order valence-electron chi connectivity index (χ0n) is 17.8. The quantitative estimate of drug-likeness (QED) is 0.450. The minimum Gasteiger partial charge on any atom is -0.294 e. The third-order valence-electron chi connectivity index (χ3n) is 6.00. The van der Waals surface area contributed by atoms with Gasteiger partial charge in [-0.3, -0.25) is 4.79 Å². The van der Waals surface area contributed by atoms with Crippen LogP contribution >= 0.6 is 0 Å². The van der Waals surface area contributed by atoms with E-state index in [0.717, 1.165) is 34.2 Å². The van der Waals surface area contributed by atoms with Gasteiger partial charge in [-0.25, -0.2) is 9.97 Å². The molecule has 1 aliphatic carbocycles. The first-order valence-electron chi connectivity index (χ1n) is 10.9. The summed E-state index contributed by atoms with van der Waals surface area (Å²) in [7, 11) is 0. The van der Waals surface area contributed by atoms with Gasteiger partial charge in [0.2, 0.25) is 0 Å². The molecule has 4 rings (SSSR count). The highest BCUT2D eigenvalue weighted by Gasteiger charge is 2.20. The van der Waals surface area contributed by atoms with E-state index >= 15 is 0 Å². The average Bonchev–Trinajstić information content (AvgIpc) is 2.78. The lowest BCUT2D eigenvalue weighted by Crippen LogP contribution is -2.10. The molecule has 0 radical (unpaired) electrons. The molecule has 3 nitrogen and oxygen atoms in total. The molecule has 0 saturated carbocycles. The van der Waals surface area contributed by atoms with Crippen LogP contribution in [0.3, 0.4) is 0 Å². The summed E-state index contributed by atoms with van der Waals surface area (Å²) in [6.45, 7) is 4.51. The van der Waals surface area contributed by atoms with Gasteiger partial charge in [0.05, 0.1) is 0 Å². The van der Waals surface area contributed by atoms with Crippen molar-refractivity contribution in [3.8, 4) is 11.1 Å². The van der Waals surface area contributed by atoms with Crippen molar-refractivity contribution in [1.29, 1.82) is 0 Å². The molecule has 30 heavy (non-hydrogen) atoms. The second-order valence-electron chi connectivity index (χ2n) is 8.07. The van der Waals surface area contributed by atoms with E-state index in [-0.39, 0.29) is 5.78 Å². The molecule has 0 bridgehead atoms. The Morgan fingerprint density at radius 3 is 2.47 bits per heavy atom. The summed E-state index contributed by atoms with van der Waals surface area (Å²) in [5.74, 6) is 0.828. The van der Waals surface area contributed by atoms with Crippen molar-refractivity contribution < 1.29 is 4.79 Å². The first-order valence-corrected chi connectivity index (χ1v) is 10.9. The smallest absolute Gasteiger partial charge is 0.167 e. The Bertz CT molecular complexity index is 1050. The third-order valence-corrected chi connectivity index (χ3v) is 6.00. The number of fused-ring (bicyclic) bond motifs is 1. The monoisotopic (exact) mass is 396 g/mol. The number of carbonyl (C=O) groups is 1. The summed E-state index contributed by atoms with van der Waals surface area (Å²) in [6, 6.07) is 13.2. The van der Waals surface area contributed by atoms with E-state index in [4.69, 9.17) is 0 Å². The molecule has 0 aliphatic heterocycles. The van der Waals surface area contributed by atoms with Crippen LogP contribution in [0.25, 0.3) is 17.2 Å². The minimum absolute atomic E-state index is 0.198. The van der Waals surface area contributed by atoms with Gasteiger partial charge in [0.1, 0.15) is 6.33 Å². The fourth-order valence-corrected chi connectivity index (χ4v) is 4.43. The number of rotatable bonds is 7. The van der Waals surface area contributed by atoms with Gasteiger partial charge in [-0.05, 0) is 65.1 Å². The van der Waals surface area contributed by atoms with Crippen molar-refractivity contribution in [2.24, 2.45) is 0 Å². The molecule has 0 fully saturated rings. The summed E-state index contributed by atoms with van der Waals surface area (Å²) >= 11 is 0. The topological polar surface area (TPSA) is 42.9 Å². The molecule has 0 spiro atoms. The lowest BCUT2D eigenvalue weighted by molar-refractivity contribution is 0.0994. The molecule has 1 atom stereocenters. The van der Waals surface area contributed by atoms with Gasteiger partial charge in [0.15, 0.2) is 5.78 Å². The summed E-state index contributed by atoms with van der Waals surface area (Å²) in [6.07, 6.45) is 14.0. The van der Waals surface area contributed by atoms with E-state index in [1.807, 2.05) is 18.5 Å². The molecule has 0 N–H and O–H groups in total. The molecule has 2 aromatic carbocycles. The van der Waals surface area contributed by atoms with E-state index in [1.165, 1.54) is 36.7 Å². The van der Waals surface area contributed by atoms with Crippen LogP contribution in [0.5, 0.6) is 0 Å². The van der Waals surface area contributed by atoms with Crippen molar-refractivity contribution in [3.05, 3.63) is 89.0 Å². The molecule has 0 saturated heterocycles. The number of ketones is 1. The van der Waals surface area contributed by atoms with Gasteiger partial charge >= 0.3 is 0 Å². The second-order valence-corrected chi connectivity index (χ2v) is 8.07. The summed E-state index contributed by atoms with van der Waals surface area (Å²) < 4.78 is 0. The van der Waals surface area contributed by atoms with Gasteiger partial charge in [0.25, 0.3) is 0 Å². The van der Waals surface area contributed by atoms with Crippen molar-refractivity contribution in [2.45, 2.75) is 51.9 Å². The van der Waals surface area contributed by atoms with E-state index in [1.54, 1.807) is 0 Å². The van der Waals surface area contributed by atoms with E-state index in [9.17, 15) is 4.79 Å². The Kier molecular flexibility index (Phi) is 6.18. The van der Waals surface area contributed by atoms with Gasteiger partial charge < -0.3 is 0 Å². The second kappa shape index (κ2) is 9.17. The molecule has 152 valence electrons. The van der Waals surface area contributed by atoms with Crippen LogP contribution in [0.15, 0.2) is 61.2 Å². The summed E-state index contributed by atoms with van der Waals surface area (Å²) in [4.78, 5) is 21.0. The maximum Gasteiger partial charge on any atom is 0.167 e. The van der Waals surface area contributed by atoms with Gasteiger partial charge in [-0.1, -0.05) is 56.7 Å². The number of hydrogen-bond acceptors (Lipinski definition) is 3. The molecule has 0 unspecified atom stereocenters. The molecule has 1 heterocycles. The zero-order valence-corrected chi connectivity index (χ0v) is 17.8. The van der Waals surface area contributed by atoms with Crippen LogP contribution in [0.2, 0.25) is 0 Å². The maximum atomic E-state index is 12.7. The Labute approximate surface area is 178 Å². The first-order chi connectivity index (χ1) is 14.7. The number of aromatic nitrogens is 2. The first kappa shape index (κ1) is 20.2. The molecular weight excluding hydrogens is 368 g/mol. The molecular formula is C27H28N2O.